The molecule has 2 N–H and O–H groups in total. The van der Waals surface area contributed by atoms with Crippen molar-refractivity contribution >= 4 is 11.4 Å². The average Bonchev–Trinajstić information content (AvgIpc) is 3.06. The Balaban J connectivity index is 1.64. The summed E-state index contributed by atoms with van der Waals surface area (Å²) in [7, 11) is 0. The van der Waals surface area contributed by atoms with Crippen LogP contribution >= 0.6 is 0 Å². The molecular weight excluding hydrogens is 280 g/mol. The minimum atomic E-state index is -0.119. The molecule has 0 spiro atoms. The quantitative estimate of drug-likeness (QED) is 0.765. The second-order valence-electron chi connectivity index (χ2n) is 5.60. The predicted molar refractivity (Wildman–Crippen MR) is 79.5 cm³/mol. The smallest absolute Gasteiger partial charge is 0.253 e. The van der Waals surface area contributed by atoms with Crippen LogP contribution in [-0.4, -0.2) is 30.5 Å². The standard InChI is InChI=1S/C15H16N6O/c1-9-12(15(22)17-7-13-18-8-19-20-13)5-4-11-6-16-14(21(9)11)10-2-3-10/h4-6,8,10H,2-3,7H2,1H3,(H,17,22)(H,18,19,20). The number of aryl methyl sites for hydroxylation is 1. The number of carbonyl (C=O) groups excluding carboxylic acids is 1. The van der Waals surface area contributed by atoms with Crippen molar-refractivity contribution in [1.82, 2.24) is 29.9 Å². The van der Waals surface area contributed by atoms with Gasteiger partial charge in [0, 0.05) is 11.6 Å². The number of rotatable bonds is 4. The van der Waals surface area contributed by atoms with Crippen molar-refractivity contribution < 1.29 is 4.79 Å². The van der Waals surface area contributed by atoms with Gasteiger partial charge in [0.05, 0.1) is 23.8 Å². The lowest BCUT2D eigenvalue weighted by molar-refractivity contribution is 0.0949. The Hall–Kier alpha value is -2.70. The van der Waals surface area contributed by atoms with E-state index in [0.29, 0.717) is 23.9 Å². The van der Waals surface area contributed by atoms with Gasteiger partial charge in [-0.2, -0.15) is 5.10 Å². The van der Waals surface area contributed by atoms with Gasteiger partial charge in [0.15, 0.2) is 0 Å². The van der Waals surface area contributed by atoms with Crippen LogP contribution in [0.2, 0.25) is 0 Å². The molecule has 1 saturated carbocycles. The van der Waals surface area contributed by atoms with Crippen molar-refractivity contribution in [3.8, 4) is 0 Å². The lowest BCUT2D eigenvalue weighted by atomic mass is 10.1. The van der Waals surface area contributed by atoms with Gasteiger partial charge < -0.3 is 5.32 Å². The van der Waals surface area contributed by atoms with Gasteiger partial charge in [-0.15, -0.1) is 0 Å². The Labute approximate surface area is 126 Å². The number of aromatic amines is 1. The van der Waals surface area contributed by atoms with Crippen molar-refractivity contribution in [1.29, 1.82) is 0 Å². The third kappa shape index (κ3) is 2.14. The van der Waals surface area contributed by atoms with Gasteiger partial charge >= 0.3 is 0 Å². The van der Waals surface area contributed by atoms with E-state index in [-0.39, 0.29) is 5.91 Å². The van der Waals surface area contributed by atoms with E-state index < -0.39 is 0 Å². The molecule has 7 heteroatoms. The summed E-state index contributed by atoms with van der Waals surface area (Å²) in [5, 5.41) is 9.34. The van der Waals surface area contributed by atoms with E-state index in [9.17, 15) is 4.79 Å². The van der Waals surface area contributed by atoms with Crippen molar-refractivity contribution in [2.24, 2.45) is 0 Å². The highest BCUT2D eigenvalue weighted by molar-refractivity contribution is 5.95. The fourth-order valence-electron chi connectivity index (χ4n) is 2.72. The maximum absolute atomic E-state index is 12.4. The fraction of sp³-hybridized carbons (Fsp3) is 0.333. The molecule has 0 unspecified atom stereocenters. The van der Waals surface area contributed by atoms with Gasteiger partial charge in [-0.3, -0.25) is 14.3 Å². The minimum absolute atomic E-state index is 0.119. The number of pyridine rings is 1. The lowest BCUT2D eigenvalue weighted by Crippen LogP contribution is -2.25. The second kappa shape index (κ2) is 4.94. The Morgan fingerprint density at radius 2 is 2.27 bits per heavy atom. The fourth-order valence-corrected chi connectivity index (χ4v) is 2.72. The van der Waals surface area contributed by atoms with Crippen LogP contribution in [-0.2, 0) is 6.54 Å². The van der Waals surface area contributed by atoms with Crippen LogP contribution in [0.5, 0.6) is 0 Å². The predicted octanol–water partition coefficient (Wildman–Crippen LogP) is 1.57. The summed E-state index contributed by atoms with van der Waals surface area (Å²) >= 11 is 0. The molecule has 0 atom stereocenters. The van der Waals surface area contributed by atoms with Gasteiger partial charge in [-0.05, 0) is 31.9 Å². The zero-order valence-corrected chi connectivity index (χ0v) is 12.2. The first kappa shape index (κ1) is 13.0. The normalized spacial score (nSPS) is 14.4. The summed E-state index contributed by atoms with van der Waals surface area (Å²) < 4.78 is 2.10. The van der Waals surface area contributed by atoms with Gasteiger partial charge in [-0.25, -0.2) is 9.97 Å². The van der Waals surface area contributed by atoms with E-state index in [2.05, 4.69) is 29.9 Å². The van der Waals surface area contributed by atoms with Crippen LogP contribution in [0.3, 0.4) is 0 Å². The van der Waals surface area contributed by atoms with Crippen LogP contribution in [0.15, 0.2) is 24.7 Å². The second-order valence-corrected chi connectivity index (χ2v) is 5.60. The van der Waals surface area contributed by atoms with Gasteiger partial charge in [0.25, 0.3) is 5.91 Å². The average molecular weight is 296 g/mol. The Bertz CT molecular complexity index is 831. The van der Waals surface area contributed by atoms with Crippen LogP contribution in [0.4, 0.5) is 0 Å². The van der Waals surface area contributed by atoms with Gasteiger partial charge in [0.1, 0.15) is 18.0 Å². The maximum Gasteiger partial charge on any atom is 0.253 e. The molecule has 0 saturated heterocycles. The molecule has 1 fully saturated rings. The topological polar surface area (TPSA) is 88.0 Å². The Kier molecular flexibility index (Phi) is 2.92. The molecule has 1 amide bonds. The molecule has 0 aromatic carbocycles. The van der Waals surface area contributed by atoms with E-state index in [1.807, 2.05) is 25.3 Å². The summed E-state index contributed by atoms with van der Waals surface area (Å²) in [4.78, 5) is 20.9. The molecule has 1 aliphatic rings. The SMILES string of the molecule is Cc1c(C(=O)NCc2ncn[nH]2)ccc2cnc(C3CC3)n12. The van der Waals surface area contributed by atoms with E-state index in [4.69, 9.17) is 0 Å². The highest BCUT2D eigenvalue weighted by Gasteiger charge is 2.28. The number of fused-ring (bicyclic) bond motifs is 1. The molecule has 0 radical (unpaired) electrons. The number of hydrogen-bond donors (Lipinski definition) is 2. The number of carbonyl (C=O) groups is 1. The van der Waals surface area contributed by atoms with Crippen molar-refractivity contribution in [3.05, 3.63) is 47.6 Å². The third-order valence-electron chi connectivity index (χ3n) is 4.03. The number of H-pyrrole nitrogens is 1. The van der Waals surface area contributed by atoms with Crippen molar-refractivity contribution in [2.75, 3.05) is 0 Å². The summed E-state index contributed by atoms with van der Waals surface area (Å²) in [5.41, 5.74) is 2.62. The molecule has 3 aromatic rings. The summed E-state index contributed by atoms with van der Waals surface area (Å²) in [6, 6.07) is 3.79. The Morgan fingerprint density at radius 1 is 1.41 bits per heavy atom. The molecule has 22 heavy (non-hydrogen) atoms. The maximum atomic E-state index is 12.4. The van der Waals surface area contributed by atoms with E-state index >= 15 is 0 Å². The van der Waals surface area contributed by atoms with Crippen LogP contribution in [0.1, 0.15) is 46.5 Å². The highest BCUT2D eigenvalue weighted by Crippen LogP contribution is 2.39. The van der Waals surface area contributed by atoms with E-state index in [0.717, 1.165) is 17.0 Å². The molecule has 3 aromatic heterocycles. The number of aromatic nitrogens is 5. The van der Waals surface area contributed by atoms with Gasteiger partial charge in [-0.1, -0.05) is 0 Å². The monoisotopic (exact) mass is 296 g/mol. The van der Waals surface area contributed by atoms with E-state index in [1.54, 1.807) is 0 Å². The first-order valence-corrected chi connectivity index (χ1v) is 7.33. The first-order valence-electron chi connectivity index (χ1n) is 7.33. The number of hydrogen-bond acceptors (Lipinski definition) is 4. The van der Waals surface area contributed by atoms with Crippen LogP contribution in [0, 0.1) is 6.92 Å². The zero-order chi connectivity index (χ0) is 15.1. The minimum Gasteiger partial charge on any atom is -0.345 e. The first-order chi connectivity index (χ1) is 10.7. The zero-order valence-electron chi connectivity index (χ0n) is 12.2. The number of imidazole rings is 1. The largest absolute Gasteiger partial charge is 0.345 e. The Morgan fingerprint density at radius 3 is 3.00 bits per heavy atom. The lowest BCUT2D eigenvalue weighted by Gasteiger charge is -2.10. The molecule has 1 aliphatic carbocycles. The summed E-state index contributed by atoms with van der Waals surface area (Å²) in [5.74, 6) is 2.12. The molecule has 112 valence electrons. The molecule has 0 bridgehead atoms. The number of amides is 1. The summed E-state index contributed by atoms with van der Waals surface area (Å²) in [6.45, 7) is 2.29. The van der Waals surface area contributed by atoms with Crippen LogP contribution < -0.4 is 5.32 Å². The molecule has 0 aliphatic heterocycles. The number of nitrogens with zero attached hydrogens (tertiary/aromatic N) is 4. The van der Waals surface area contributed by atoms with Crippen molar-refractivity contribution in [2.45, 2.75) is 32.2 Å². The van der Waals surface area contributed by atoms with Gasteiger partial charge in [0.2, 0.25) is 0 Å². The third-order valence-corrected chi connectivity index (χ3v) is 4.03. The van der Waals surface area contributed by atoms with Crippen LogP contribution in [0.25, 0.3) is 5.52 Å². The number of nitrogens with one attached hydrogen (secondary N) is 2. The molecule has 3 heterocycles. The van der Waals surface area contributed by atoms with E-state index in [1.165, 1.54) is 19.2 Å². The summed E-state index contributed by atoms with van der Waals surface area (Å²) in [6.07, 6.45) is 5.66. The molecule has 7 nitrogen and oxygen atoms in total. The molecule has 4 rings (SSSR count). The highest BCUT2D eigenvalue weighted by atomic mass is 16.1. The van der Waals surface area contributed by atoms with Crippen molar-refractivity contribution in [3.63, 3.8) is 0 Å². The molecular formula is C15H16N6O.